The third kappa shape index (κ3) is 2.71. The Kier molecular flexibility index (Phi) is 3.63. The molecule has 0 saturated carbocycles. The summed E-state index contributed by atoms with van der Waals surface area (Å²) in [6.45, 7) is 7.92. The van der Waals surface area contributed by atoms with E-state index in [4.69, 9.17) is 9.51 Å². The molecule has 25 heavy (non-hydrogen) atoms. The first-order chi connectivity index (χ1) is 12.0. The molecule has 1 atom stereocenters. The van der Waals surface area contributed by atoms with Crippen molar-refractivity contribution in [2.24, 2.45) is 0 Å². The summed E-state index contributed by atoms with van der Waals surface area (Å²) >= 11 is 0. The zero-order valence-electron chi connectivity index (χ0n) is 14.7. The molecule has 0 aliphatic heterocycles. The van der Waals surface area contributed by atoms with Gasteiger partial charge < -0.3 is 14.8 Å². The summed E-state index contributed by atoms with van der Waals surface area (Å²) in [7, 11) is 0. The SMILES string of the molecule is CCC(Nc1nc(C)nc2onc(C)c12)c1nc2ccc(C)cc2[nH]1. The van der Waals surface area contributed by atoms with E-state index in [-0.39, 0.29) is 6.04 Å². The van der Waals surface area contributed by atoms with E-state index in [1.54, 1.807) is 0 Å². The van der Waals surface area contributed by atoms with E-state index in [0.29, 0.717) is 11.5 Å². The second-order valence-electron chi connectivity index (χ2n) is 6.32. The predicted octanol–water partition coefficient (Wildman–Crippen LogP) is 3.98. The number of hydrogen-bond acceptors (Lipinski definition) is 6. The van der Waals surface area contributed by atoms with Crippen LogP contribution in [0.4, 0.5) is 5.82 Å². The van der Waals surface area contributed by atoms with E-state index >= 15 is 0 Å². The maximum Gasteiger partial charge on any atom is 0.263 e. The molecule has 0 aliphatic rings. The fourth-order valence-electron chi connectivity index (χ4n) is 3.04. The molecule has 4 aromatic rings. The standard InChI is InChI=1S/C18H20N6O/c1-5-12(16-22-13-7-6-9(2)8-14(13)23-16)21-17-15-10(3)24-25-18(15)20-11(4)19-17/h6-8,12H,5H2,1-4H3,(H,22,23)(H,19,20,21). The van der Waals surface area contributed by atoms with Crippen LogP contribution in [0.25, 0.3) is 22.1 Å². The van der Waals surface area contributed by atoms with Crippen LogP contribution in [0.1, 0.15) is 42.3 Å². The summed E-state index contributed by atoms with van der Waals surface area (Å²) in [6.07, 6.45) is 0.855. The number of benzene rings is 1. The number of aromatic nitrogens is 5. The Morgan fingerprint density at radius 1 is 1.16 bits per heavy atom. The molecule has 3 aromatic heterocycles. The van der Waals surface area contributed by atoms with Gasteiger partial charge in [-0.2, -0.15) is 4.98 Å². The molecule has 4 rings (SSSR count). The van der Waals surface area contributed by atoms with Crippen LogP contribution in [0.3, 0.4) is 0 Å². The number of fused-ring (bicyclic) bond motifs is 2. The molecule has 128 valence electrons. The van der Waals surface area contributed by atoms with Gasteiger partial charge in [0, 0.05) is 0 Å². The summed E-state index contributed by atoms with van der Waals surface area (Å²) in [4.78, 5) is 17.0. The van der Waals surface area contributed by atoms with Crippen LogP contribution in [-0.2, 0) is 0 Å². The van der Waals surface area contributed by atoms with Crippen molar-refractivity contribution in [3.8, 4) is 0 Å². The van der Waals surface area contributed by atoms with Crippen LogP contribution < -0.4 is 5.32 Å². The molecular weight excluding hydrogens is 316 g/mol. The van der Waals surface area contributed by atoms with Crippen molar-refractivity contribution in [3.05, 3.63) is 41.1 Å². The fraction of sp³-hybridized carbons (Fsp3) is 0.333. The fourth-order valence-corrected chi connectivity index (χ4v) is 3.04. The average molecular weight is 336 g/mol. The van der Waals surface area contributed by atoms with Gasteiger partial charge in [0.05, 0.1) is 22.8 Å². The summed E-state index contributed by atoms with van der Waals surface area (Å²) in [5.74, 6) is 2.26. The van der Waals surface area contributed by atoms with Crippen molar-refractivity contribution in [3.63, 3.8) is 0 Å². The van der Waals surface area contributed by atoms with Crippen molar-refractivity contribution in [1.82, 2.24) is 25.1 Å². The molecule has 0 saturated heterocycles. The van der Waals surface area contributed by atoms with Crippen LogP contribution >= 0.6 is 0 Å². The third-order valence-corrected chi connectivity index (χ3v) is 4.32. The molecule has 0 amide bonds. The molecule has 0 bridgehead atoms. The van der Waals surface area contributed by atoms with Crippen LogP contribution in [0.15, 0.2) is 22.7 Å². The minimum atomic E-state index is -0.000457. The van der Waals surface area contributed by atoms with Gasteiger partial charge in [0.15, 0.2) is 0 Å². The highest BCUT2D eigenvalue weighted by Gasteiger charge is 2.19. The van der Waals surface area contributed by atoms with E-state index in [1.807, 2.05) is 19.9 Å². The van der Waals surface area contributed by atoms with Gasteiger partial charge >= 0.3 is 0 Å². The molecule has 0 aliphatic carbocycles. The number of anilines is 1. The van der Waals surface area contributed by atoms with Crippen LogP contribution in [0.5, 0.6) is 0 Å². The van der Waals surface area contributed by atoms with Gasteiger partial charge in [-0.25, -0.2) is 9.97 Å². The van der Waals surface area contributed by atoms with Gasteiger partial charge in [0.1, 0.15) is 22.9 Å². The van der Waals surface area contributed by atoms with Gasteiger partial charge in [-0.15, -0.1) is 0 Å². The van der Waals surface area contributed by atoms with Gasteiger partial charge in [-0.1, -0.05) is 18.1 Å². The highest BCUT2D eigenvalue weighted by molar-refractivity contribution is 5.87. The quantitative estimate of drug-likeness (QED) is 0.585. The molecule has 7 heteroatoms. The lowest BCUT2D eigenvalue weighted by atomic mass is 10.2. The van der Waals surface area contributed by atoms with Crippen molar-refractivity contribution in [1.29, 1.82) is 0 Å². The van der Waals surface area contributed by atoms with Gasteiger partial charge in [0.25, 0.3) is 5.71 Å². The van der Waals surface area contributed by atoms with Crippen molar-refractivity contribution >= 4 is 28.0 Å². The average Bonchev–Trinajstić information content (AvgIpc) is 3.15. The van der Waals surface area contributed by atoms with Gasteiger partial charge in [0.2, 0.25) is 0 Å². The minimum absolute atomic E-state index is 0.000457. The lowest BCUT2D eigenvalue weighted by Gasteiger charge is -2.16. The topological polar surface area (TPSA) is 92.5 Å². The molecule has 0 spiro atoms. The van der Waals surface area contributed by atoms with Crippen molar-refractivity contribution < 1.29 is 4.52 Å². The number of aromatic amines is 1. The minimum Gasteiger partial charge on any atom is -0.359 e. The molecule has 0 fully saturated rings. The highest BCUT2D eigenvalue weighted by Crippen LogP contribution is 2.28. The Balaban J connectivity index is 1.75. The number of imidazole rings is 1. The summed E-state index contributed by atoms with van der Waals surface area (Å²) < 4.78 is 5.29. The smallest absolute Gasteiger partial charge is 0.263 e. The molecule has 1 aromatic carbocycles. The Labute approximate surface area is 144 Å². The van der Waals surface area contributed by atoms with Crippen LogP contribution in [0.2, 0.25) is 0 Å². The molecule has 2 N–H and O–H groups in total. The number of aryl methyl sites for hydroxylation is 3. The Hall–Kier alpha value is -2.96. The van der Waals surface area contributed by atoms with Crippen LogP contribution in [0, 0.1) is 20.8 Å². The third-order valence-electron chi connectivity index (χ3n) is 4.32. The maximum atomic E-state index is 5.29. The van der Waals surface area contributed by atoms with E-state index < -0.39 is 0 Å². The lowest BCUT2D eigenvalue weighted by molar-refractivity contribution is 0.442. The molecular formula is C18H20N6O. The predicted molar refractivity (Wildman–Crippen MR) is 96.6 cm³/mol. The zero-order chi connectivity index (χ0) is 17.6. The van der Waals surface area contributed by atoms with E-state index in [1.165, 1.54) is 5.56 Å². The summed E-state index contributed by atoms with van der Waals surface area (Å²) in [5, 5.41) is 8.31. The Morgan fingerprint density at radius 3 is 2.80 bits per heavy atom. The van der Waals surface area contributed by atoms with Crippen molar-refractivity contribution in [2.75, 3.05) is 5.32 Å². The first-order valence-electron chi connectivity index (χ1n) is 8.38. The number of H-pyrrole nitrogens is 1. The van der Waals surface area contributed by atoms with Gasteiger partial charge in [-0.3, -0.25) is 0 Å². The Bertz CT molecular complexity index is 1060. The number of rotatable bonds is 4. The largest absolute Gasteiger partial charge is 0.359 e. The van der Waals surface area contributed by atoms with E-state index in [0.717, 1.165) is 40.2 Å². The zero-order valence-corrected chi connectivity index (χ0v) is 14.7. The van der Waals surface area contributed by atoms with E-state index in [2.05, 4.69) is 51.4 Å². The number of hydrogen-bond donors (Lipinski definition) is 2. The first kappa shape index (κ1) is 15.6. The molecule has 3 heterocycles. The lowest BCUT2D eigenvalue weighted by Crippen LogP contribution is -2.13. The second kappa shape index (κ2) is 5.84. The Morgan fingerprint density at radius 2 is 2.00 bits per heavy atom. The number of nitrogens with one attached hydrogen (secondary N) is 2. The van der Waals surface area contributed by atoms with E-state index in [9.17, 15) is 0 Å². The summed E-state index contributed by atoms with van der Waals surface area (Å²) in [5.41, 5.74) is 4.48. The molecule has 0 radical (unpaired) electrons. The first-order valence-corrected chi connectivity index (χ1v) is 8.38. The maximum absolute atomic E-state index is 5.29. The number of nitrogens with zero attached hydrogens (tertiary/aromatic N) is 4. The van der Waals surface area contributed by atoms with Crippen LogP contribution in [-0.4, -0.2) is 25.1 Å². The van der Waals surface area contributed by atoms with Gasteiger partial charge in [-0.05, 0) is 44.9 Å². The molecule has 7 nitrogen and oxygen atoms in total. The normalized spacial score (nSPS) is 12.8. The molecule has 1 unspecified atom stereocenters. The highest BCUT2D eigenvalue weighted by atomic mass is 16.5. The monoisotopic (exact) mass is 336 g/mol. The summed E-state index contributed by atoms with van der Waals surface area (Å²) in [6, 6.07) is 6.21. The van der Waals surface area contributed by atoms with Crippen molar-refractivity contribution in [2.45, 2.75) is 40.2 Å². The second-order valence-corrected chi connectivity index (χ2v) is 6.32.